The highest BCUT2D eigenvalue weighted by Crippen LogP contribution is 2.20. The van der Waals surface area contributed by atoms with Gasteiger partial charge in [0.15, 0.2) is 5.96 Å². The fourth-order valence-electron chi connectivity index (χ4n) is 2.21. The standard InChI is InChI=1S/C16H31N5O2/c1-7-16(5)13(22)21(15(23)20-16)10-8-9-18-14(17-6)19-12(4)11(2)3/h11-12H,7-10H2,1-6H3,(H,20,23)(H2,17,18,19). The largest absolute Gasteiger partial charge is 0.356 e. The van der Waals surface area contributed by atoms with E-state index >= 15 is 0 Å². The lowest BCUT2D eigenvalue weighted by Gasteiger charge is -2.21. The SMILES string of the molecule is CCC1(C)NC(=O)N(CCCNC(=NC)NC(C)C(C)C)C1=O. The Morgan fingerprint density at radius 1 is 1.35 bits per heavy atom. The van der Waals surface area contributed by atoms with Gasteiger partial charge in [-0.05, 0) is 32.6 Å². The van der Waals surface area contributed by atoms with E-state index in [-0.39, 0.29) is 11.9 Å². The molecule has 7 heteroatoms. The minimum Gasteiger partial charge on any atom is -0.356 e. The first-order chi connectivity index (χ1) is 10.7. The number of nitrogens with one attached hydrogen (secondary N) is 3. The van der Waals surface area contributed by atoms with E-state index in [4.69, 9.17) is 0 Å². The minimum atomic E-state index is -0.755. The zero-order valence-corrected chi connectivity index (χ0v) is 15.2. The lowest BCUT2D eigenvalue weighted by Crippen LogP contribution is -2.45. The normalized spacial score (nSPS) is 23.3. The molecular formula is C16H31N5O2. The summed E-state index contributed by atoms with van der Waals surface area (Å²) in [5.41, 5.74) is -0.755. The Morgan fingerprint density at radius 2 is 2.00 bits per heavy atom. The van der Waals surface area contributed by atoms with Crippen molar-refractivity contribution in [2.45, 2.75) is 59.0 Å². The third-order valence-corrected chi connectivity index (χ3v) is 4.49. The van der Waals surface area contributed by atoms with Crippen molar-refractivity contribution in [2.24, 2.45) is 10.9 Å². The highest BCUT2D eigenvalue weighted by atomic mass is 16.2. The van der Waals surface area contributed by atoms with Crippen molar-refractivity contribution in [2.75, 3.05) is 20.1 Å². The molecule has 2 unspecified atom stereocenters. The van der Waals surface area contributed by atoms with E-state index in [1.165, 1.54) is 4.90 Å². The Balaban J connectivity index is 2.40. The van der Waals surface area contributed by atoms with Crippen LogP contribution in [0.4, 0.5) is 4.79 Å². The molecule has 1 fully saturated rings. The highest BCUT2D eigenvalue weighted by molar-refractivity contribution is 6.06. The summed E-state index contributed by atoms with van der Waals surface area (Å²) in [7, 11) is 1.73. The van der Waals surface area contributed by atoms with Crippen LogP contribution in [0, 0.1) is 5.92 Å². The lowest BCUT2D eigenvalue weighted by atomic mass is 9.99. The summed E-state index contributed by atoms with van der Waals surface area (Å²) in [6, 6.07) is 0.0210. The zero-order valence-electron chi connectivity index (χ0n) is 15.2. The minimum absolute atomic E-state index is 0.138. The monoisotopic (exact) mass is 325 g/mol. The van der Waals surface area contributed by atoms with Gasteiger partial charge in [0.1, 0.15) is 5.54 Å². The van der Waals surface area contributed by atoms with Gasteiger partial charge in [0.25, 0.3) is 5.91 Å². The Bertz CT molecular complexity index is 463. The van der Waals surface area contributed by atoms with Gasteiger partial charge >= 0.3 is 6.03 Å². The van der Waals surface area contributed by atoms with Gasteiger partial charge in [-0.3, -0.25) is 14.7 Å². The molecule has 0 aromatic rings. The Hall–Kier alpha value is -1.79. The van der Waals surface area contributed by atoms with Crippen molar-refractivity contribution in [3.8, 4) is 0 Å². The van der Waals surface area contributed by atoms with Crippen LogP contribution in [0.2, 0.25) is 0 Å². The topological polar surface area (TPSA) is 85.8 Å². The number of hydrogen-bond donors (Lipinski definition) is 3. The molecule has 132 valence electrons. The van der Waals surface area contributed by atoms with E-state index in [9.17, 15) is 9.59 Å². The molecule has 1 rings (SSSR count). The summed E-state index contributed by atoms with van der Waals surface area (Å²) in [6.07, 6.45) is 1.27. The molecular weight excluding hydrogens is 294 g/mol. The number of carbonyl (C=O) groups is 2. The summed E-state index contributed by atoms with van der Waals surface area (Å²) in [5, 5.41) is 9.29. The molecule has 0 aliphatic carbocycles. The number of hydrogen-bond acceptors (Lipinski definition) is 3. The summed E-state index contributed by atoms with van der Waals surface area (Å²) in [5.74, 6) is 1.11. The van der Waals surface area contributed by atoms with Crippen molar-refractivity contribution in [3.63, 3.8) is 0 Å². The van der Waals surface area contributed by atoms with Gasteiger partial charge in [-0.2, -0.15) is 0 Å². The first kappa shape index (κ1) is 19.3. The van der Waals surface area contributed by atoms with Crippen LogP contribution in [0.25, 0.3) is 0 Å². The Kier molecular flexibility index (Phi) is 6.84. The van der Waals surface area contributed by atoms with Gasteiger partial charge < -0.3 is 16.0 Å². The molecule has 23 heavy (non-hydrogen) atoms. The Morgan fingerprint density at radius 3 is 2.48 bits per heavy atom. The van der Waals surface area contributed by atoms with Crippen LogP contribution >= 0.6 is 0 Å². The maximum absolute atomic E-state index is 12.3. The van der Waals surface area contributed by atoms with Crippen molar-refractivity contribution in [3.05, 3.63) is 0 Å². The van der Waals surface area contributed by atoms with Crippen LogP contribution in [-0.4, -0.2) is 54.5 Å². The van der Waals surface area contributed by atoms with Crippen LogP contribution < -0.4 is 16.0 Å². The van der Waals surface area contributed by atoms with Crippen LogP contribution in [0.5, 0.6) is 0 Å². The zero-order chi connectivity index (χ0) is 17.6. The summed E-state index contributed by atoms with van der Waals surface area (Å²) in [4.78, 5) is 29.6. The van der Waals surface area contributed by atoms with Gasteiger partial charge in [-0.15, -0.1) is 0 Å². The van der Waals surface area contributed by atoms with E-state index in [1.807, 2.05) is 6.92 Å². The summed E-state index contributed by atoms with van der Waals surface area (Å²) >= 11 is 0. The van der Waals surface area contributed by atoms with Crippen LogP contribution in [-0.2, 0) is 4.79 Å². The van der Waals surface area contributed by atoms with E-state index in [0.717, 1.165) is 5.96 Å². The molecule has 7 nitrogen and oxygen atoms in total. The van der Waals surface area contributed by atoms with Gasteiger partial charge in [-0.25, -0.2) is 4.79 Å². The quantitative estimate of drug-likeness (QED) is 0.285. The molecule has 0 spiro atoms. The maximum Gasteiger partial charge on any atom is 0.325 e. The van der Waals surface area contributed by atoms with Crippen LogP contribution in [0.3, 0.4) is 0 Å². The average molecular weight is 325 g/mol. The second-order valence-electron chi connectivity index (χ2n) is 6.60. The van der Waals surface area contributed by atoms with E-state index in [0.29, 0.717) is 37.9 Å². The molecule has 1 aliphatic heterocycles. The molecule has 1 saturated heterocycles. The van der Waals surface area contributed by atoms with Crippen LogP contribution in [0.1, 0.15) is 47.5 Å². The molecule has 1 aliphatic rings. The molecule has 0 radical (unpaired) electrons. The summed E-state index contributed by atoms with van der Waals surface area (Å²) in [6.45, 7) is 11.1. The van der Waals surface area contributed by atoms with Crippen molar-refractivity contribution < 1.29 is 9.59 Å². The number of carbonyl (C=O) groups excluding carboxylic acids is 2. The third kappa shape index (κ3) is 4.84. The predicted molar refractivity (Wildman–Crippen MR) is 92.4 cm³/mol. The number of imide groups is 1. The molecule has 1 heterocycles. The smallest absolute Gasteiger partial charge is 0.325 e. The van der Waals surface area contributed by atoms with Gasteiger partial charge in [-0.1, -0.05) is 20.8 Å². The van der Waals surface area contributed by atoms with Gasteiger partial charge in [0.2, 0.25) is 0 Å². The van der Waals surface area contributed by atoms with Gasteiger partial charge in [0.05, 0.1) is 0 Å². The van der Waals surface area contributed by atoms with Crippen molar-refractivity contribution in [1.82, 2.24) is 20.9 Å². The lowest BCUT2D eigenvalue weighted by molar-refractivity contribution is -0.130. The van der Waals surface area contributed by atoms with Crippen molar-refractivity contribution >= 4 is 17.9 Å². The molecule has 3 amide bonds. The summed E-state index contributed by atoms with van der Waals surface area (Å²) < 4.78 is 0. The van der Waals surface area contributed by atoms with E-state index in [1.54, 1.807) is 14.0 Å². The average Bonchev–Trinajstić information content (AvgIpc) is 2.73. The molecule has 3 N–H and O–H groups in total. The Labute approximate surface area is 139 Å². The first-order valence-electron chi connectivity index (χ1n) is 8.36. The molecule has 0 bridgehead atoms. The first-order valence-corrected chi connectivity index (χ1v) is 8.36. The van der Waals surface area contributed by atoms with Gasteiger partial charge in [0, 0.05) is 26.2 Å². The van der Waals surface area contributed by atoms with E-state index < -0.39 is 5.54 Å². The number of rotatable bonds is 7. The van der Waals surface area contributed by atoms with Crippen LogP contribution in [0.15, 0.2) is 4.99 Å². The van der Waals surface area contributed by atoms with Crippen molar-refractivity contribution in [1.29, 1.82) is 0 Å². The second kappa shape index (κ2) is 8.17. The number of amides is 3. The number of nitrogens with zero attached hydrogens (tertiary/aromatic N) is 2. The fourth-order valence-corrected chi connectivity index (χ4v) is 2.21. The molecule has 0 aromatic carbocycles. The fraction of sp³-hybridized carbons (Fsp3) is 0.812. The predicted octanol–water partition coefficient (Wildman–Crippen LogP) is 1.31. The number of guanidine groups is 1. The highest BCUT2D eigenvalue weighted by Gasteiger charge is 2.45. The second-order valence-corrected chi connectivity index (χ2v) is 6.60. The molecule has 0 aromatic heterocycles. The number of aliphatic imine (C=N–C) groups is 1. The third-order valence-electron chi connectivity index (χ3n) is 4.49. The van der Waals surface area contributed by atoms with E-state index in [2.05, 4.69) is 41.7 Å². The molecule has 2 atom stereocenters. The number of urea groups is 1. The molecule has 0 saturated carbocycles. The maximum atomic E-state index is 12.3.